The fourth-order valence-electron chi connectivity index (χ4n) is 14.2. The van der Waals surface area contributed by atoms with Crippen LogP contribution in [0.25, 0.3) is 179 Å². The van der Waals surface area contributed by atoms with E-state index < -0.39 is 0 Å². The monoisotopic (exact) mass is 1380 g/mol. The standard InChI is InChI=1S/2C52H36N2/c1-5-15-37(16-6-1)40-27-29-42(30-28-40)51-36-50(41-21-11-4-12-22-41)53-52(54-51)49-34-47(45-25-13-23-43(31-45)38-17-7-2-8-18-38)33-48(35-49)46-26-14-24-44(32-46)39-19-9-3-10-20-39;1-5-17-37(18-6-1)41-25-15-27-43(31-41)45-33-46(44-28-16-26-42(32-44)38-19-7-2-8-20-38)35-47(34-45)52-53-50(40-23-11-4-12-24-40)36-51(54-52)49-30-14-13-29-48(49)39-21-9-3-10-22-39/h2*1-36H. The zero-order valence-electron chi connectivity index (χ0n) is 59.4. The fraction of sp³-hybridized carbons (Fsp3) is 0. The number of hydrogen-bond acceptors (Lipinski definition) is 4. The second-order valence-electron chi connectivity index (χ2n) is 26.9. The van der Waals surface area contributed by atoms with Crippen LogP contribution in [0, 0.1) is 0 Å². The van der Waals surface area contributed by atoms with Gasteiger partial charge in [-0.3, -0.25) is 0 Å². The first-order valence-electron chi connectivity index (χ1n) is 36.6. The van der Waals surface area contributed by atoms with Crippen LogP contribution in [0.5, 0.6) is 0 Å². The molecule has 0 saturated carbocycles. The van der Waals surface area contributed by atoms with Gasteiger partial charge in [0.1, 0.15) is 0 Å². The van der Waals surface area contributed by atoms with E-state index in [4.69, 9.17) is 19.9 Å². The maximum atomic E-state index is 5.37. The lowest BCUT2D eigenvalue weighted by atomic mass is 9.92. The van der Waals surface area contributed by atoms with Crippen LogP contribution in [0.4, 0.5) is 0 Å². The van der Waals surface area contributed by atoms with E-state index in [1.165, 1.54) is 55.6 Å². The van der Waals surface area contributed by atoms with Gasteiger partial charge in [0.25, 0.3) is 0 Å². The summed E-state index contributed by atoms with van der Waals surface area (Å²) in [5.74, 6) is 1.36. The van der Waals surface area contributed by atoms with Crippen molar-refractivity contribution < 1.29 is 0 Å². The number of aromatic nitrogens is 4. The van der Waals surface area contributed by atoms with Gasteiger partial charge in [-0.25, -0.2) is 19.9 Å². The van der Waals surface area contributed by atoms with Gasteiger partial charge in [-0.1, -0.05) is 364 Å². The molecule has 18 aromatic rings. The molecule has 0 bridgehead atoms. The zero-order chi connectivity index (χ0) is 72.2. The molecular formula is C104H72N4. The minimum absolute atomic E-state index is 0.677. The third-order valence-electron chi connectivity index (χ3n) is 19.8. The summed E-state index contributed by atoms with van der Waals surface area (Å²) in [5.41, 5.74) is 32.6. The van der Waals surface area contributed by atoms with E-state index in [1.807, 2.05) is 18.2 Å². The van der Waals surface area contributed by atoms with Crippen molar-refractivity contribution in [3.63, 3.8) is 0 Å². The molecule has 18 rings (SSSR count). The molecule has 0 atom stereocenters. The third kappa shape index (κ3) is 15.2. The summed E-state index contributed by atoms with van der Waals surface area (Å²) in [4.78, 5) is 21.2. The summed E-state index contributed by atoms with van der Waals surface area (Å²) in [6.07, 6.45) is 0. The van der Waals surface area contributed by atoms with E-state index in [-0.39, 0.29) is 0 Å². The highest BCUT2D eigenvalue weighted by molar-refractivity contribution is 5.89. The van der Waals surface area contributed by atoms with Crippen molar-refractivity contribution in [2.75, 3.05) is 0 Å². The Morgan fingerprint density at radius 1 is 0.102 bits per heavy atom. The second kappa shape index (κ2) is 31.3. The van der Waals surface area contributed by atoms with Crippen LogP contribution >= 0.6 is 0 Å². The van der Waals surface area contributed by atoms with Gasteiger partial charge in [0.2, 0.25) is 0 Å². The van der Waals surface area contributed by atoms with Gasteiger partial charge in [-0.15, -0.1) is 0 Å². The van der Waals surface area contributed by atoms with Crippen molar-refractivity contribution in [1.29, 1.82) is 0 Å². The molecule has 0 fully saturated rings. The first kappa shape index (κ1) is 66.9. The van der Waals surface area contributed by atoms with Crippen LogP contribution in [0.3, 0.4) is 0 Å². The maximum absolute atomic E-state index is 5.37. The van der Waals surface area contributed by atoms with Gasteiger partial charge in [-0.2, -0.15) is 0 Å². The van der Waals surface area contributed by atoms with Crippen molar-refractivity contribution >= 4 is 0 Å². The van der Waals surface area contributed by atoms with E-state index in [0.717, 1.165) is 112 Å². The molecule has 2 heterocycles. The molecule has 0 unspecified atom stereocenters. The normalized spacial score (nSPS) is 11.0. The minimum Gasteiger partial charge on any atom is -0.228 e. The van der Waals surface area contributed by atoms with Crippen molar-refractivity contribution in [2.45, 2.75) is 0 Å². The molecule has 0 saturated heterocycles. The Morgan fingerprint density at radius 2 is 0.287 bits per heavy atom. The van der Waals surface area contributed by atoms with Crippen LogP contribution in [-0.4, -0.2) is 19.9 Å². The van der Waals surface area contributed by atoms with E-state index in [1.54, 1.807) is 0 Å². The maximum Gasteiger partial charge on any atom is 0.160 e. The van der Waals surface area contributed by atoms with Gasteiger partial charge >= 0.3 is 0 Å². The Labute approximate surface area is 631 Å². The highest BCUT2D eigenvalue weighted by Gasteiger charge is 2.19. The third-order valence-corrected chi connectivity index (χ3v) is 19.8. The van der Waals surface area contributed by atoms with Crippen LogP contribution in [0.1, 0.15) is 0 Å². The van der Waals surface area contributed by atoms with Crippen molar-refractivity contribution in [1.82, 2.24) is 19.9 Å². The fourth-order valence-corrected chi connectivity index (χ4v) is 14.2. The highest BCUT2D eigenvalue weighted by Crippen LogP contribution is 2.41. The average Bonchev–Trinajstić information content (AvgIpc) is 0.780. The summed E-state index contributed by atoms with van der Waals surface area (Å²) >= 11 is 0. The molecule has 108 heavy (non-hydrogen) atoms. The highest BCUT2D eigenvalue weighted by atomic mass is 14.9. The van der Waals surface area contributed by atoms with Crippen molar-refractivity contribution in [2.24, 2.45) is 0 Å². The molecule has 16 aromatic carbocycles. The van der Waals surface area contributed by atoms with Crippen LogP contribution in [-0.2, 0) is 0 Å². The Morgan fingerprint density at radius 3 is 0.602 bits per heavy atom. The van der Waals surface area contributed by atoms with Crippen molar-refractivity contribution in [3.05, 3.63) is 437 Å². The topological polar surface area (TPSA) is 51.6 Å². The summed E-state index contributed by atoms with van der Waals surface area (Å²) in [6.45, 7) is 0. The largest absolute Gasteiger partial charge is 0.228 e. The predicted octanol–water partition coefficient (Wildman–Crippen LogP) is 27.6. The van der Waals surface area contributed by atoms with Gasteiger partial charge in [0.05, 0.1) is 22.8 Å². The summed E-state index contributed by atoms with van der Waals surface area (Å²) in [7, 11) is 0. The van der Waals surface area contributed by atoms with E-state index in [9.17, 15) is 0 Å². The SMILES string of the molecule is c1ccc(-c2ccc(-c3cc(-c4ccccc4)nc(-c4cc(-c5cccc(-c6ccccc6)c5)cc(-c5cccc(-c6ccccc6)c5)c4)n3)cc2)cc1.c1ccc(-c2cccc(-c3cc(-c4cccc(-c5ccccc5)c4)cc(-c4nc(-c5ccccc5)cc(-c5ccccc5-c5ccccc5)n4)c3)c2)cc1. The summed E-state index contributed by atoms with van der Waals surface area (Å²) in [5, 5.41) is 0. The molecule has 2 aromatic heterocycles. The predicted molar refractivity (Wildman–Crippen MR) is 451 cm³/mol. The summed E-state index contributed by atoms with van der Waals surface area (Å²) < 4.78 is 0. The number of nitrogens with zero attached hydrogens (tertiary/aromatic N) is 4. The quantitative estimate of drug-likeness (QED) is 0.0967. The van der Waals surface area contributed by atoms with E-state index >= 15 is 0 Å². The average molecular weight is 1380 g/mol. The van der Waals surface area contributed by atoms with Gasteiger partial charge in [-0.05, 0) is 184 Å². The molecule has 508 valence electrons. The number of rotatable bonds is 16. The smallest absolute Gasteiger partial charge is 0.160 e. The van der Waals surface area contributed by atoms with Crippen molar-refractivity contribution in [3.8, 4) is 179 Å². The molecule has 0 aliphatic heterocycles. The first-order valence-corrected chi connectivity index (χ1v) is 36.6. The van der Waals surface area contributed by atoms with E-state index in [0.29, 0.717) is 11.6 Å². The Bertz CT molecular complexity index is 5910. The Hall–Kier alpha value is -14.3. The Kier molecular flexibility index (Phi) is 19.4. The molecule has 0 aliphatic carbocycles. The lowest BCUT2D eigenvalue weighted by Crippen LogP contribution is -1.98. The molecule has 0 N–H and O–H groups in total. The second-order valence-corrected chi connectivity index (χ2v) is 26.9. The minimum atomic E-state index is 0.677. The molecule has 0 amide bonds. The molecule has 0 aliphatic rings. The van der Waals surface area contributed by atoms with Gasteiger partial charge in [0.15, 0.2) is 11.6 Å². The molecular weight excluding hydrogens is 1310 g/mol. The van der Waals surface area contributed by atoms with Crippen LogP contribution in [0.2, 0.25) is 0 Å². The number of benzene rings is 16. The van der Waals surface area contributed by atoms with Crippen LogP contribution < -0.4 is 0 Å². The lowest BCUT2D eigenvalue weighted by molar-refractivity contribution is 1.18. The molecule has 0 radical (unpaired) electrons. The number of hydrogen-bond donors (Lipinski definition) is 0. The summed E-state index contributed by atoms with van der Waals surface area (Å²) in [6, 6.07) is 154. The molecule has 4 nitrogen and oxygen atoms in total. The Balaban J connectivity index is 0.000000158. The lowest BCUT2D eigenvalue weighted by Gasteiger charge is -2.15. The van der Waals surface area contributed by atoms with E-state index in [2.05, 4.69) is 419 Å². The first-order chi connectivity index (χ1) is 53.5. The zero-order valence-corrected chi connectivity index (χ0v) is 59.4. The van der Waals surface area contributed by atoms with Gasteiger partial charge in [0, 0.05) is 33.4 Å². The van der Waals surface area contributed by atoms with Gasteiger partial charge < -0.3 is 0 Å². The molecule has 0 spiro atoms. The van der Waals surface area contributed by atoms with Crippen LogP contribution in [0.15, 0.2) is 437 Å². The molecule has 4 heteroatoms.